The van der Waals surface area contributed by atoms with Gasteiger partial charge in [0.15, 0.2) is 5.72 Å². The van der Waals surface area contributed by atoms with Crippen molar-refractivity contribution in [2.45, 2.75) is 30.8 Å². The number of benzene rings is 1. The molecule has 6 rings (SSSR count). The first-order valence-corrected chi connectivity index (χ1v) is 10.1. The van der Waals surface area contributed by atoms with Gasteiger partial charge in [-0.15, -0.1) is 0 Å². The fourth-order valence-electron chi connectivity index (χ4n) is 5.82. The van der Waals surface area contributed by atoms with Gasteiger partial charge in [0.1, 0.15) is 0 Å². The van der Waals surface area contributed by atoms with Crippen molar-refractivity contribution >= 4 is 11.6 Å². The van der Waals surface area contributed by atoms with Gasteiger partial charge in [0.25, 0.3) is 0 Å². The Kier molecular flexibility index (Phi) is 3.33. The normalized spacial score (nSPS) is 37.2. The van der Waals surface area contributed by atoms with Crippen molar-refractivity contribution < 1.29 is 19.4 Å². The van der Waals surface area contributed by atoms with E-state index < -0.39 is 11.6 Å². The lowest BCUT2D eigenvalue weighted by Crippen LogP contribution is -2.54. The molecule has 0 aromatic heterocycles. The Bertz CT molecular complexity index is 1020. The molecular weight excluding hydrogens is 370 g/mol. The van der Waals surface area contributed by atoms with Crippen LogP contribution in [-0.4, -0.2) is 71.1 Å². The smallest absolute Gasteiger partial charge is 0.208 e. The van der Waals surface area contributed by atoms with E-state index in [4.69, 9.17) is 4.74 Å². The third-order valence-corrected chi connectivity index (χ3v) is 7.27. The largest absolute Gasteiger partial charge is 0.396 e. The Labute approximate surface area is 168 Å². The molecule has 1 aromatic rings. The van der Waals surface area contributed by atoms with Crippen molar-refractivity contribution in [1.82, 2.24) is 15.1 Å². The summed E-state index contributed by atoms with van der Waals surface area (Å²) in [6.07, 6.45) is 0. The molecule has 5 atom stereocenters. The maximum atomic E-state index is 13.7. The summed E-state index contributed by atoms with van der Waals surface area (Å²) in [5.41, 5.74) is 2.10. The van der Waals surface area contributed by atoms with Crippen molar-refractivity contribution in [3.05, 3.63) is 58.4 Å². The number of Topliss-reactive ketones (excluding diaryl/α,β-unsaturated/α-hetero) is 2. The zero-order valence-electron chi connectivity index (χ0n) is 16.4. The van der Waals surface area contributed by atoms with Crippen molar-refractivity contribution in [3.8, 4) is 0 Å². The number of carbonyl (C=O) groups is 2. The summed E-state index contributed by atoms with van der Waals surface area (Å²) in [4.78, 5) is 31.0. The number of aliphatic hydroxyl groups excluding tert-OH is 1. The molecule has 3 fully saturated rings. The highest BCUT2D eigenvalue weighted by atomic mass is 16.5. The molecule has 7 nitrogen and oxygen atoms in total. The average Bonchev–Trinajstić information content (AvgIpc) is 3.64. The highest BCUT2D eigenvalue weighted by Gasteiger charge is 2.72. The number of ether oxygens (including phenoxy) is 1. The lowest BCUT2D eigenvalue weighted by Gasteiger charge is -2.39. The summed E-state index contributed by atoms with van der Waals surface area (Å²) >= 11 is 0. The number of allylic oxidation sites excluding steroid dienone is 2. The fraction of sp³-hybridized carbons (Fsp3) is 0.455. The number of methoxy groups -OCH3 is 1. The molecule has 0 bridgehead atoms. The molecule has 0 amide bonds. The van der Waals surface area contributed by atoms with E-state index in [0.717, 1.165) is 5.56 Å². The van der Waals surface area contributed by atoms with E-state index in [1.807, 2.05) is 40.1 Å². The van der Waals surface area contributed by atoms with E-state index in [1.165, 1.54) is 0 Å². The molecule has 3 saturated heterocycles. The minimum absolute atomic E-state index is 0.0258. The number of hydrogen-bond donors (Lipinski definition) is 2. The Morgan fingerprint density at radius 2 is 1.93 bits per heavy atom. The van der Waals surface area contributed by atoms with Crippen LogP contribution in [-0.2, 0) is 14.3 Å². The first kappa shape index (κ1) is 17.4. The minimum atomic E-state index is -0.858. The summed E-state index contributed by atoms with van der Waals surface area (Å²) in [6.45, 7) is 2.84. The standard InChI is InChI=1S/C22H23N3O4/c1-11-17(24-9-15(24)12-6-4-3-5-7-12)20(28)16-13(10-26)22(29-2)21-14(23-21)8-25(22)18(16)19(11)27/h3-7,13-15,21,23,26H,8-10H2,1-2H3. The summed E-state index contributed by atoms with van der Waals surface area (Å²) in [6, 6.07) is 10.4. The van der Waals surface area contributed by atoms with Crippen molar-refractivity contribution in [3.63, 3.8) is 0 Å². The van der Waals surface area contributed by atoms with Gasteiger partial charge in [-0.3, -0.25) is 9.59 Å². The number of fused-ring (bicyclic) bond motifs is 4. The van der Waals surface area contributed by atoms with Gasteiger partial charge in [0.05, 0.1) is 36.0 Å². The molecular formula is C22H23N3O4. The van der Waals surface area contributed by atoms with Crippen LogP contribution in [0.1, 0.15) is 18.5 Å². The van der Waals surface area contributed by atoms with Crippen molar-refractivity contribution in [1.29, 1.82) is 0 Å². The fourth-order valence-corrected chi connectivity index (χ4v) is 5.82. The highest BCUT2D eigenvalue weighted by molar-refractivity contribution is 6.25. The summed E-state index contributed by atoms with van der Waals surface area (Å²) in [7, 11) is 1.60. The van der Waals surface area contributed by atoms with Gasteiger partial charge in [-0.1, -0.05) is 30.3 Å². The molecule has 7 heteroatoms. The van der Waals surface area contributed by atoms with E-state index in [9.17, 15) is 14.7 Å². The number of aliphatic hydroxyl groups is 1. The molecule has 0 saturated carbocycles. The monoisotopic (exact) mass is 393 g/mol. The van der Waals surface area contributed by atoms with Crippen LogP contribution in [0.3, 0.4) is 0 Å². The van der Waals surface area contributed by atoms with Gasteiger partial charge in [0, 0.05) is 37.4 Å². The van der Waals surface area contributed by atoms with Crippen LogP contribution in [0.5, 0.6) is 0 Å². The molecule has 5 unspecified atom stereocenters. The third-order valence-electron chi connectivity index (χ3n) is 7.27. The maximum absolute atomic E-state index is 13.7. The summed E-state index contributed by atoms with van der Waals surface area (Å²) in [5.74, 6) is -0.799. The Hall–Kier alpha value is -2.48. The molecule has 4 heterocycles. The lowest BCUT2D eigenvalue weighted by atomic mass is 9.82. The van der Waals surface area contributed by atoms with E-state index in [2.05, 4.69) is 5.32 Å². The van der Waals surface area contributed by atoms with Crippen LogP contribution in [0.25, 0.3) is 0 Å². The van der Waals surface area contributed by atoms with Crippen LogP contribution in [0, 0.1) is 5.92 Å². The van der Waals surface area contributed by atoms with Gasteiger partial charge >= 0.3 is 0 Å². The zero-order valence-corrected chi connectivity index (χ0v) is 16.4. The minimum Gasteiger partial charge on any atom is -0.396 e. The molecule has 4 aliphatic heterocycles. The number of piperazine rings is 1. The number of nitrogens with one attached hydrogen (secondary N) is 1. The van der Waals surface area contributed by atoms with Gasteiger partial charge in [-0.25, -0.2) is 0 Å². The van der Waals surface area contributed by atoms with Gasteiger partial charge < -0.3 is 25.0 Å². The van der Waals surface area contributed by atoms with Gasteiger partial charge in [0.2, 0.25) is 11.6 Å². The van der Waals surface area contributed by atoms with E-state index in [1.54, 1.807) is 14.0 Å². The second kappa shape index (κ2) is 5.56. The van der Waals surface area contributed by atoms with Crippen molar-refractivity contribution in [2.75, 3.05) is 26.8 Å². The maximum Gasteiger partial charge on any atom is 0.208 e. The van der Waals surface area contributed by atoms with Crippen LogP contribution in [0.15, 0.2) is 52.9 Å². The zero-order chi connectivity index (χ0) is 20.1. The summed E-state index contributed by atoms with van der Waals surface area (Å²) < 4.78 is 5.93. The highest BCUT2D eigenvalue weighted by Crippen LogP contribution is 2.56. The molecule has 5 aliphatic rings. The Morgan fingerprint density at radius 3 is 2.62 bits per heavy atom. The second-order valence-electron chi connectivity index (χ2n) is 8.53. The Morgan fingerprint density at radius 1 is 1.17 bits per heavy atom. The number of hydrogen-bond acceptors (Lipinski definition) is 7. The lowest BCUT2D eigenvalue weighted by molar-refractivity contribution is -0.137. The predicted molar refractivity (Wildman–Crippen MR) is 103 cm³/mol. The molecule has 29 heavy (non-hydrogen) atoms. The second-order valence-corrected chi connectivity index (χ2v) is 8.53. The SMILES string of the molecule is COC12C(CO)C3=C(C(=O)C(C)=C(N4CC4c4ccccc4)C3=O)N1CC1NC12. The number of rotatable bonds is 4. The van der Waals surface area contributed by atoms with Crippen molar-refractivity contribution in [2.24, 2.45) is 5.92 Å². The van der Waals surface area contributed by atoms with Crippen LogP contribution in [0.4, 0.5) is 0 Å². The van der Waals surface area contributed by atoms with E-state index in [0.29, 0.717) is 35.6 Å². The number of ketones is 2. The molecule has 0 radical (unpaired) electrons. The first-order valence-electron chi connectivity index (χ1n) is 10.1. The number of nitrogens with zero attached hydrogens (tertiary/aromatic N) is 2. The Balaban J connectivity index is 1.41. The van der Waals surface area contributed by atoms with Gasteiger partial charge in [-0.05, 0) is 12.5 Å². The quantitative estimate of drug-likeness (QED) is 0.563. The van der Waals surface area contributed by atoms with Gasteiger partial charge in [-0.2, -0.15) is 0 Å². The molecule has 0 spiro atoms. The first-order chi connectivity index (χ1) is 14.0. The number of carbonyl (C=O) groups excluding carboxylic acids is 2. The molecule has 1 aliphatic carbocycles. The molecule has 1 aromatic carbocycles. The van der Waals surface area contributed by atoms with E-state index >= 15 is 0 Å². The van der Waals surface area contributed by atoms with Crippen LogP contribution < -0.4 is 5.32 Å². The third kappa shape index (κ3) is 1.98. The molecule has 150 valence electrons. The molecule has 2 N–H and O–H groups in total. The summed E-state index contributed by atoms with van der Waals surface area (Å²) in [5, 5.41) is 13.6. The average molecular weight is 393 g/mol. The topological polar surface area (TPSA) is 91.8 Å². The van der Waals surface area contributed by atoms with E-state index in [-0.39, 0.29) is 36.3 Å². The van der Waals surface area contributed by atoms with Crippen LogP contribution in [0.2, 0.25) is 0 Å². The van der Waals surface area contributed by atoms with Crippen LogP contribution >= 0.6 is 0 Å². The predicted octanol–water partition coefficient (Wildman–Crippen LogP) is 0.344.